The fourth-order valence-electron chi connectivity index (χ4n) is 1.71. The quantitative estimate of drug-likeness (QED) is 0.785. The van der Waals surface area contributed by atoms with Crippen molar-refractivity contribution in [2.24, 2.45) is 5.73 Å². The van der Waals surface area contributed by atoms with Crippen molar-refractivity contribution in [3.8, 4) is 0 Å². The summed E-state index contributed by atoms with van der Waals surface area (Å²) in [7, 11) is 0. The van der Waals surface area contributed by atoms with Gasteiger partial charge in [-0.2, -0.15) is 0 Å². The average Bonchev–Trinajstić information content (AvgIpc) is 2.79. The van der Waals surface area contributed by atoms with Crippen LogP contribution in [0.25, 0.3) is 0 Å². The Morgan fingerprint density at radius 2 is 2.35 bits per heavy atom. The maximum absolute atomic E-state index is 11.8. The van der Waals surface area contributed by atoms with Crippen LogP contribution in [0.1, 0.15) is 50.6 Å². The summed E-state index contributed by atoms with van der Waals surface area (Å²) < 4.78 is 0. The highest BCUT2D eigenvalue weighted by Crippen LogP contribution is 2.18. The molecule has 2 unspecified atom stereocenters. The van der Waals surface area contributed by atoms with Crippen LogP contribution in [-0.2, 0) is 4.79 Å². The van der Waals surface area contributed by atoms with Crippen molar-refractivity contribution in [2.45, 2.75) is 51.6 Å². The van der Waals surface area contributed by atoms with Crippen LogP contribution in [0.4, 0.5) is 0 Å². The minimum Gasteiger partial charge on any atom is -0.347 e. The van der Waals surface area contributed by atoms with E-state index in [1.165, 1.54) is 0 Å². The van der Waals surface area contributed by atoms with Crippen molar-refractivity contribution in [1.29, 1.82) is 0 Å². The zero-order valence-corrected chi connectivity index (χ0v) is 11.3. The van der Waals surface area contributed by atoms with E-state index in [1.807, 2.05) is 12.3 Å². The van der Waals surface area contributed by atoms with E-state index >= 15 is 0 Å². The number of nitrogens with zero attached hydrogens (tertiary/aromatic N) is 1. The molecule has 0 spiro atoms. The molecule has 0 bridgehead atoms. The monoisotopic (exact) mass is 255 g/mol. The van der Waals surface area contributed by atoms with Crippen molar-refractivity contribution in [3.63, 3.8) is 0 Å². The van der Waals surface area contributed by atoms with E-state index in [-0.39, 0.29) is 18.0 Å². The first-order chi connectivity index (χ1) is 8.17. The van der Waals surface area contributed by atoms with Crippen LogP contribution in [0, 0.1) is 0 Å². The molecular weight excluding hydrogens is 234 g/mol. The second-order valence-electron chi connectivity index (χ2n) is 4.15. The van der Waals surface area contributed by atoms with Gasteiger partial charge in [0.1, 0.15) is 5.01 Å². The van der Waals surface area contributed by atoms with Gasteiger partial charge in [0.05, 0.1) is 6.04 Å². The molecule has 0 fully saturated rings. The van der Waals surface area contributed by atoms with E-state index in [4.69, 9.17) is 5.73 Å². The summed E-state index contributed by atoms with van der Waals surface area (Å²) in [5, 5.41) is 5.87. The number of rotatable bonds is 7. The zero-order valence-electron chi connectivity index (χ0n) is 10.5. The van der Waals surface area contributed by atoms with Gasteiger partial charge < -0.3 is 11.1 Å². The first-order valence-electron chi connectivity index (χ1n) is 6.11. The highest BCUT2D eigenvalue weighted by molar-refractivity contribution is 7.09. The van der Waals surface area contributed by atoms with Crippen LogP contribution in [0.15, 0.2) is 11.6 Å². The molecule has 4 nitrogen and oxygen atoms in total. The molecule has 1 heterocycles. The van der Waals surface area contributed by atoms with E-state index in [0.717, 1.165) is 24.3 Å². The minimum absolute atomic E-state index is 0.0213. The van der Waals surface area contributed by atoms with Crippen molar-refractivity contribution in [2.75, 3.05) is 0 Å². The lowest BCUT2D eigenvalue weighted by Gasteiger charge is -2.16. The van der Waals surface area contributed by atoms with Crippen LogP contribution in [-0.4, -0.2) is 16.9 Å². The third kappa shape index (κ3) is 4.83. The van der Waals surface area contributed by atoms with Gasteiger partial charge in [0.15, 0.2) is 0 Å². The molecule has 0 saturated carbocycles. The van der Waals surface area contributed by atoms with Crippen LogP contribution in [0.5, 0.6) is 0 Å². The maximum atomic E-state index is 11.8. The van der Waals surface area contributed by atoms with E-state index < -0.39 is 0 Å². The SMILES string of the molecule is CCCC(N)CC(=O)NC(CC)c1nccs1. The Morgan fingerprint density at radius 1 is 1.59 bits per heavy atom. The third-order valence-electron chi connectivity index (χ3n) is 2.60. The molecule has 17 heavy (non-hydrogen) atoms. The topological polar surface area (TPSA) is 68.0 Å². The molecule has 0 radical (unpaired) electrons. The van der Waals surface area contributed by atoms with E-state index in [9.17, 15) is 4.79 Å². The Hall–Kier alpha value is -0.940. The van der Waals surface area contributed by atoms with E-state index in [0.29, 0.717) is 6.42 Å². The number of carbonyl (C=O) groups excluding carboxylic acids is 1. The smallest absolute Gasteiger partial charge is 0.222 e. The lowest BCUT2D eigenvalue weighted by Crippen LogP contribution is -2.33. The van der Waals surface area contributed by atoms with Crippen LogP contribution < -0.4 is 11.1 Å². The molecule has 0 aliphatic carbocycles. The standard InChI is InChI=1S/C12H21N3OS/c1-3-5-9(13)8-11(16)15-10(4-2)12-14-6-7-17-12/h6-7,9-10H,3-5,8,13H2,1-2H3,(H,15,16). The molecule has 1 aromatic rings. The number of aromatic nitrogens is 1. The molecular formula is C12H21N3OS. The average molecular weight is 255 g/mol. The molecule has 5 heteroatoms. The zero-order chi connectivity index (χ0) is 12.7. The van der Waals surface area contributed by atoms with Gasteiger partial charge in [0, 0.05) is 24.0 Å². The van der Waals surface area contributed by atoms with Gasteiger partial charge in [0.2, 0.25) is 5.91 Å². The third-order valence-corrected chi connectivity index (χ3v) is 3.49. The molecule has 3 N–H and O–H groups in total. The summed E-state index contributed by atoms with van der Waals surface area (Å²) in [6, 6.07) is -0.00914. The van der Waals surface area contributed by atoms with Gasteiger partial charge in [0.25, 0.3) is 0 Å². The minimum atomic E-state index is -0.0335. The maximum Gasteiger partial charge on any atom is 0.222 e. The first-order valence-corrected chi connectivity index (χ1v) is 6.99. The number of nitrogens with two attached hydrogens (primary N) is 1. The van der Waals surface area contributed by atoms with Gasteiger partial charge >= 0.3 is 0 Å². The summed E-state index contributed by atoms with van der Waals surface area (Å²) in [4.78, 5) is 16.0. The highest BCUT2D eigenvalue weighted by Gasteiger charge is 2.16. The Bertz CT molecular complexity index is 327. The predicted molar refractivity (Wildman–Crippen MR) is 70.8 cm³/mol. The molecule has 1 rings (SSSR count). The van der Waals surface area contributed by atoms with E-state index in [1.54, 1.807) is 17.5 Å². The lowest BCUT2D eigenvalue weighted by atomic mass is 10.1. The normalized spacial score (nSPS) is 14.3. The molecule has 1 amide bonds. The number of hydrogen-bond acceptors (Lipinski definition) is 4. The molecule has 0 aliphatic rings. The van der Waals surface area contributed by atoms with Gasteiger partial charge in [-0.3, -0.25) is 4.79 Å². The Morgan fingerprint density at radius 3 is 2.88 bits per heavy atom. The lowest BCUT2D eigenvalue weighted by molar-refractivity contribution is -0.122. The van der Waals surface area contributed by atoms with Crippen LogP contribution in [0.3, 0.4) is 0 Å². The van der Waals surface area contributed by atoms with Gasteiger partial charge in [-0.1, -0.05) is 20.3 Å². The molecule has 96 valence electrons. The van der Waals surface area contributed by atoms with Crippen molar-refractivity contribution in [3.05, 3.63) is 16.6 Å². The van der Waals surface area contributed by atoms with Crippen LogP contribution in [0.2, 0.25) is 0 Å². The second-order valence-corrected chi connectivity index (χ2v) is 5.08. The predicted octanol–water partition coefficient (Wildman–Crippen LogP) is 2.23. The van der Waals surface area contributed by atoms with Crippen molar-refractivity contribution >= 4 is 17.2 Å². The van der Waals surface area contributed by atoms with Crippen LogP contribution >= 0.6 is 11.3 Å². The molecule has 0 aliphatic heterocycles. The number of amides is 1. The van der Waals surface area contributed by atoms with E-state index in [2.05, 4.69) is 17.2 Å². The summed E-state index contributed by atoms with van der Waals surface area (Å²) in [6.45, 7) is 4.11. The number of carbonyl (C=O) groups is 1. The second kappa shape index (κ2) is 7.40. The largest absolute Gasteiger partial charge is 0.347 e. The molecule has 0 saturated heterocycles. The molecule has 2 atom stereocenters. The Kier molecular flexibility index (Phi) is 6.15. The van der Waals surface area contributed by atoms with Gasteiger partial charge in [-0.15, -0.1) is 11.3 Å². The summed E-state index contributed by atoms with van der Waals surface area (Å²) >= 11 is 1.57. The Labute approximate surface area is 107 Å². The van der Waals surface area contributed by atoms with Gasteiger partial charge in [-0.05, 0) is 12.8 Å². The summed E-state index contributed by atoms with van der Waals surface area (Å²) in [5.74, 6) is 0.0213. The van der Waals surface area contributed by atoms with Gasteiger partial charge in [-0.25, -0.2) is 4.98 Å². The highest BCUT2D eigenvalue weighted by atomic mass is 32.1. The fraction of sp³-hybridized carbons (Fsp3) is 0.667. The number of hydrogen-bond donors (Lipinski definition) is 2. The first kappa shape index (κ1) is 14.1. The fourth-order valence-corrected chi connectivity index (χ4v) is 2.48. The van der Waals surface area contributed by atoms with Crippen molar-refractivity contribution < 1.29 is 4.79 Å². The Balaban J connectivity index is 2.43. The molecule has 1 aromatic heterocycles. The summed E-state index contributed by atoms with van der Waals surface area (Å²) in [5.41, 5.74) is 5.85. The van der Waals surface area contributed by atoms with Crippen molar-refractivity contribution in [1.82, 2.24) is 10.3 Å². The summed E-state index contributed by atoms with van der Waals surface area (Å²) in [6.07, 6.45) is 4.91. The number of thiazole rings is 1. The number of nitrogens with one attached hydrogen (secondary N) is 1. The molecule has 0 aromatic carbocycles.